The number of aromatic nitrogens is 1. The summed E-state index contributed by atoms with van der Waals surface area (Å²) in [5.41, 5.74) is 1.89. The van der Waals surface area contributed by atoms with Crippen molar-refractivity contribution in [3.05, 3.63) is 88.3 Å². The molecule has 0 bridgehead atoms. The number of hydrogen-bond donors (Lipinski definition) is 1. The fourth-order valence-electron chi connectivity index (χ4n) is 3.49. The molecule has 3 aromatic carbocycles. The van der Waals surface area contributed by atoms with Crippen LogP contribution < -0.4 is 10.6 Å². The Labute approximate surface area is 169 Å². The zero-order valence-electron chi connectivity index (χ0n) is 15.4. The van der Waals surface area contributed by atoms with Crippen LogP contribution in [0, 0.1) is 4.91 Å². The van der Waals surface area contributed by atoms with Crippen molar-refractivity contribution in [2.45, 2.75) is 0 Å². The molecule has 1 aromatic heterocycles. The topological polar surface area (TPSA) is 109 Å². The second-order valence-corrected chi connectivity index (χ2v) is 6.62. The maximum absolute atomic E-state index is 12.3. The van der Waals surface area contributed by atoms with Crippen molar-refractivity contribution in [2.75, 3.05) is 0 Å². The number of aromatic hydroxyl groups is 1. The third-order valence-corrected chi connectivity index (χ3v) is 4.85. The van der Waals surface area contributed by atoms with Crippen molar-refractivity contribution in [1.82, 2.24) is 4.57 Å². The van der Waals surface area contributed by atoms with Crippen LogP contribution in [0.2, 0.25) is 0 Å². The number of nitrogens with zero attached hydrogens (tertiary/aromatic N) is 5. The highest BCUT2D eigenvalue weighted by molar-refractivity contribution is 6.14. The van der Waals surface area contributed by atoms with Gasteiger partial charge in [-0.25, -0.2) is 4.99 Å². The molecule has 0 radical (unpaired) electrons. The molecule has 4 aromatic rings. The molecule has 0 spiro atoms. The number of fused-ring (bicyclic) bond motifs is 2. The van der Waals surface area contributed by atoms with Gasteiger partial charge in [0.1, 0.15) is 5.69 Å². The van der Waals surface area contributed by atoms with Gasteiger partial charge in [-0.3, -0.25) is 9.36 Å². The summed E-state index contributed by atoms with van der Waals surface area (Å²) in [6.07, 6.45) is 0. The third kappa shape index (κ3) is 2.70. The number of rotatable bonds is 4. The maximum Gasteiger partial charge on any atom is 0.298 e. The molecule has 0 aliphatic carbocycles. The molecule has 30 heavy (non-hydrogen) atoms. The predicted octanol–water partition coefficient (Wildman–Crippen LogP) is 3.79. The van der Waals surface area contributed by atoms with E-state index in [0.29, 0.717) is 16.0 Å². The van der Waals surface area contributed by atoms with Crippen molar-refractivity contribution < 1.29 is 9.90 Å². The molecule has 5 rings (SSSR count). The van der Waals surface area contributed by atoms with Gasteiger partial charge in [-0.2, -0.15) is 0 Å². The molecule has 144 valence electrons. The number of carbonyl (C=O) groups excluding carboxylic acids is 1. The Morgan fingerprint density at radius 3 is 2.47 bits per heavy atom. The molecule has 8 heteroatoms. The summed E-state index contributed by atoms with van der Waals surface area (Å²) in [4.78, 5) is 27.0. The number of carbonyl (C=O) groups is 1. The summed E-state index contributed by atoms with van der Waals surface area (Å²) in [5.74, 6) is -0.666. The molecule has 1 aliphatic heterocycles. The van der Waals surface area contributed by atoms with Gasteiger partial charge in [-0.1, -0.05) is 36.4 Å². The van der Waals surface area contributed by atoms with Gasteiger partial charge < -0.3 is 5.11 Å². The van der Waals surface area contributed by atoms with Crippen LogP contribution in [-0.2, 0) is 4.79 Å². The number of hydrogen-bond acceptors (Lipinski definition) is 6. The summed E-state index contributed by atoms with van der Waals surface area (Å²) >= 11 is 0. The quantitative estimate of drug-likeness (QED) is 0.419. The fraction of sp³-hybridized carbons (Fsp3) is 0. The van der Waals surface area contributed by atoms with Gasteiger partial charge in [0, 0.05) is 16.3 Å². The predicted molar refractivity (Wildman–Crippen MR) is 111 cm³/mol. The summed E-state index contributed by atoms with van der Waals surface area (Å²) < 4.78 is 1.66. The minimum Gasteiger partial charge on any atom is -0.493 e. The Balaban J connectivity index is 1.71. The zero-order chi connectivity index (χ0) is 20.7. The third-order valence-electron chi connectivity index (χ3n) is 4.85. The van der Waals surface area contributed by atoms with Crippen LogP contribution in [0.4, 0.5) is 11.4 Å². The summed E-state index contributed by atoms with van der Waals surface area (Å²) in [7, 11) is 0. The summed E-state index contributed by atoms with van der Waals surface area (Å²) in [5, 5.41) is 23.5. The molecule has 0 fully saturated rings. The van der Waals surface area contributed by atoms with Gasteiger partial charge in [0.15, 0.2) is 11.4 Å². The van der Waals surface area contributed by atoms with Gasteiger partial charge in [0.2, 0.25) is 5.88 Å². The van der Waals surface area contributed by atoms with E-state index >= 15 is 0 Å². The van der Waals surface area contributed by atoms with E-state index in [4.69, 9.17) is 0 Å². The molecule has 0 unspecified atom stereocenters. The van der Waals surface area contributed by atoms with Gasteiger partial charge in [-0.15, -0.1) is 15.1 Å². The molecule has 0 saturated carbocycles. The molecule has 1 aliphatic rings. The van der Waals surface area contributed by atoms with E-state index in [1.54, 1.807) is 4.57 Å². The highest BCUT2D eigenvalue weighted by Crippen LogP contribution is 2.41. The smallest absolute Gasteiger partial charge is 0.298 e. The first-order valence-electron chi connectivity index (χ1n) is 9.08. The minimum absolute atomic E-state index is 0.00792. The Bertz CT molecular complexity index is 1490. The molecular formula is C22H13N5O3. The second kappa shape index (κ2) is 6.85. The van der Waals surface area contributed by atoms with E-state index in [0.717, 1.165) is 11.2 Å². The molecule has 1 N–H and O–H groups in total. The van der Waals surface area contributed by atoms with Crippen molar-refractivity contribution in [3.8, 4) is 11.6 Å². The zero-order valence-corrected chi connectivity index (χ0v) is 15.4. The van der Waals surface area contributed by atoms with Crippen LogP contribution in [0.25, 0.3) is 22.3 Å². The van der Waals surface area contributed by atoms with Crippen molar-refractivity contribution in [2.24, 2.45) is 20.4 Å². The average Bonchev–Trinajstić information content (AvgIpc) is 3.24. The molecule has 0 saturated heterocycles. The van der Waals surface area contributed by atoms with E-state index in [1.807, 2.05) is 54.6 Å². The molecule has 0 atom stereocenters. The number of azo groups is 1. The lowest BCUT2D eigenvalue weighted by atomic mass is 10.2. The van der Waals surface area contributed by atoms with Crippen LogP contribution in [0.1, 0.15) is 0 Å². The number of para-hydroxylation sites is 2. The standard InChI is InChI=1S/C22H13N5O3/c28-21-19(16-12-13(26-30)10-11-17(16)23-21)24-25-20-15-8-4-5-9-18(15)27(22(20)29)14-6-2-1-3-7-14/h1-12,29H. The maximum atomic E-state index is 12.3. The van der Waals surface area contributed by atoms with E-state index in [-0.39, 0.29) is 23.0 Å². The average molecular weight is 395 g/mol. The van der Waals surface area contributed by atoms with Gasteiger partial charge in [0.25, 0.3) is 5.91 Å². The largest absolute Gasteiger partial charge is 0.493 e. The Kier molecular flexibility index (Phi) is 4.03. The lowest BCUT2D eigenvalue weighted by molar-refractivity contribution is -0.112. The molecular weight excluding hydrogens is 382 g/mol. The molecule has 2 heterocycles. The van der Waals surface area contributed by atoms with E-state index in [9.17, 15) is 14.8 Å². The van der Waals surface area contributed by atoms with Crippen molar-refractivity contribution >= 4 is 33.9 Å². The highest BCUT2D eigenvalue weighted by atomic mass is 16.3. The number of amides is 1. The van der Waals surface area contributed by atoms with Crippen LogP contribution in [0.3, 0.4) is 0 Å². The summed E-state index contributed by atoms with van der Waals surface area (Å²) in [6.45, 7) is 0. The Morgan fingerprint density at radius 2 is 1.67 bits per heavy atom. The highest BCUT2D eigenvalue weighted by Gasteiger charge is 2.20. The van der Waals surface area contributed by atoms with E-state index in [1.165, 1.54) is 18.2 Å². The first-order chi connectivity index (χ1) is 14.7. The normalized spacial score (nSPS) is 13.1. The van der Waals surface area contributed by atoms with Gasteiger partial charge in [-0.05, 0) is 41.6 Å². The Hall–Kier alpha value is -4.46. The van der Waals surface area contributed by atoms with Crippen molar-refractivity contribution in [3.63, 3.8) is 0 Å². The number of nitroso groups, excluding NO2 is 1. The van der Waals surface area contributed by atoms with Crippen LogP contribution in [-0.4, -0.2) is 15.6 Å². The van der Waals surface area contributed by atoms with Crippen LogP contribution in [0.5, 0.6) is 5.88 Å². The first-order valence-corrected chi connectivity index (χ1v) is 9.08. The summed E-state index contributed by atoms with van der Waals surface area (Å²) in [6, 6.07) is 21.2. The monoisotopic (exact) mass is 395 g/mol. The van der Waals surface area contributed by atoms with E-state index < -0.39 is 5.91 Å². The minimum atomic E-state index is -0.567. The lowest BCUT2D eigenvalue weighted by Crippen LogP contribution is -2.21. The second-order valence-electron chi connectivity index (χ2n) is 6.62. The van der Waals surface area contributed by atoms with Crippen LogP contribution >= 0.6 is 0 Å². The fourth-order valence-corrected chi connectivity index (χ4v) is 3.49. The molecule has 8 nitrogen and oxygen atoms in total. The van der Waals surface area contributed by atoms with E-state index in [2.05, 4.69) is 20.4 Å². The van der Waals surface area contributed by atoms with Gasteiger partial charge in [0.05, 0.1) is 10.9 Å². The molecule has 1 amide bonds. The lowest BCUT2D eigenvalue weighted by Gasteiger charge is -2.06. The van der Waals surface area contributed by atoms with Gasteiger partial charge >= 0.3 is 0 Å². The van der Waals surface area contributed by atoms with Crippen LogP contribution in [0.15, 0.2) is 93.2 Å². The number of benzene rings is 3. The Morgan fingerprint density at radius 1 is 0.900 bits per heavy atom. The van der Waals surface area contributed by atoms with Crippen molar-refractivity contribution in [1.29, 1.82) is 0 Å². The SMILES string of the molecule is O=Nc1ccc2c(c1)=C(N=Nc1c(O)n(-c3ccccc3)c3ccccc13)C(=O)N=2. The first kappa shape index (κ1) is 17.6.